The van der Waals surface area contributed by atoms with Crippen LogP contribution in [0.25, 0.3) is 0 Å². The number of carbonyl (C=O) groups is 3. The standard InChI is InChI=1S/C16H24F3N3O4/c1-15(13(24)25)6-8-22(10-15)14(26)20-11-3-2-7-21(9-11)12(23)4-5-16(17,18)19/h11H,2-10H2,1H3,(H,20,26)(H,24,25)/t11-,15?/m1/s1. The van der Waals surface area contributed by atoms with Crippen LogP contribution in [0.4, 0.5) is 18.0 Å². The molecule has 2 aliphatic heterocycles. The average Bonchev–Trinajstić information content (AvgIpc) is 2.96. The van der Waals surface area contributed by atoms with Crippen LogP contribution in [0.5, 0.6) is 0 Å². The minimum atomic E-state index is -4.37. The van der Waals surface area contributed by atoms with E-state index in [2.05, 4.69) is 5.32 Å². The summed E-state index contributed by atoms with van der Waals surface area (Å²) in [6.07, 6.45) is -4.53. The van der Waals surface area contributed by atoms with Gasteiger partial charge in [-0.1, -0.05) is 0 Å². The fourth-order valence-corrected chi connectivity index (χ4v) is 3.30. The number of aliphatic carboxylic acids is 1. The number of nitrogens with one attached hydrogen (secondary N) is 1. The molecule has 2 N–H and O–H groups in total. The predicted molar refractivity (Wildman–Crippen MR) is 85.4 cm³/mol. The Balaban J connectivity index is 1.83. The van der Waals surface area contributed by atoms with Crippen molar-refractivity contribution in [2.45, 2.75) is 51.2 Å². The first-order valence-electron chi connectivity index (χ1n) is 8.63. The number of hydrogen-bond donors (Lipinski definition) is 2. The molecule has 2 fully saturated rings. The average molecular weight is 379 g/mol. The number of amides is 3. The predicted octanol–water partition coefficient (Wildman–Crippen LogP) is 1.83. The minimum absolute atomic E-state index is 0.106. The molecular weight excluding hydrogens is 355 g/mol. The number of likely N-dealkylation sites (tertiary alicyclic amines) is 2. The largest absolute Gasteiger partial charge is 0.481 e. The monoisotopic (exact) mass is 379 g/mol. The Morgan fingerprint density at radius 1 is 1.23 bits per heavy atom. The highest BCUT2D eigenvalue weighted by Gasteiger charge is 2.42. The lowest BCUT2D eigenvalue weighted by Gasteiger charge is -2.34. The van der Waals surface area contributed by atoms with E-state index >= 15 is 0 Å². The van der Waals surface area contributed by atoms with Gasteiger partial charge in [-0.15, -0.1) is 0 Å². The zero-order valence-electron chi connectivity index (χ0n) is 14.6. The van der Waals surface area contributed by atoms with E-state index in [0.717, 1.165) is 0 Å². The molecule has 1 unspecified atom stereocenters. The number of halogens is 3. The third kappa shape index (κ3) is 5.25. The van der Waals surface area contributed by atoms with E-state index in [1.807, 2.05) is 0 Å². The van der Waals surface area contributed by atoms with Crippen LogP contribution in [0.3, 0.4) is 0 Å². The van der Waals surface area contributed by atoms with Gasteiger partial charge in [0.15, 0.2) is 0 Å². The first-order valence-corrected chi connectivity index (χ1v) is 8.63. The van der Waals surface area contributed by atoms with E-state index in [1.54, 1.807) is 6.92 Å². The number of piperidine rings is 1. The van der Waals surface area contributed by atoms with Crippen LogP contribution in [0.1, 0.15) is 39.0 Å². The zero-order valence-corrected chi connectivity index (χ0v) is 14.6. The summed E-state index contributed by atoms with van der Waals surface area (Å²) in [7, 11) is 0. The Morgan fingerprint density at radius 2 is 1.92 bits per heavy atom. The second kappa shape index (κ2) is 7.71. The van der Waals surface area contributed by atoms with Crippen molar-refractivity contribution in [3.05, 3.63) is 0 Å². The molecule has 10 heteroatoms. The molecule has 2 rings (SSSR count). The molecule has 2 atom stereocenters. The van der Waals surface area contributed by atoms with Gasteiger partial charge in [0.25, 0.3) is 0 Å². The van der Waals surface area contributed by atoms with Crippen molar-refractivity contribution in [2.24, 2.45) is 5.41 Å². The third-order valence-electron chi connectivity index (χ3n) is 5.00. The Kier molecular flexibility index (Phi) is 6.02. The van der Waals surface area contributed by atoms with E-state index in [1.165, 1.54) is 9.80 Å². The summed E-state index contributed by atoms with van der Waals surface area (Å²) in [5.74, 6) is -1.52. The van der Waals surface area contributed by atoms with Crippen LogP contribution in [-0.4, -0.2) is 71.2 Å². The van der Waals surface area contributed by atoms with Gasteiger partial charge < -0.3 is 20.2 Å². The summed E-state index contributed by atoms with van der Waals surface area (Å²) in [6.45, 7) is 2.57. The molecule has 26 heavy (non-hydrogen) atoms. The zero-order chi connectivity index (χ0) is 19.5. The van der Waals surface area contributed by atoms with Gasteiger partial charge in [0.1, 0.15) is 0 Å². The first-order chi connectivity index (χ1) is 12.0. The van der Waals surface area contributed by atoms with Gasteiger partial charge in [0.05, 0.1) is 11.8 Å². The maximum Gasteiger partial charge on any atom is 0.389 e. The summed E-state index contributed by atoms with van der Waals surface area (Å²) in [5.41, 5.74) is -0.969. The Morgan fingerprint density at radius 3 is 2.50 bits per heavy atom. The smallest absolute Gasteiger partial charge is 0.389 e. The van der Waals surface area contributed by atoms with Crippen molar-refractivity contribution < 1.29 is 32.7 Å². The maximum absolute atomic E-state index is 12.3. The lowest BCUT2D eigenvalue weighted by Crippen LogP contribution is -2.52. The number of rotatable bonds is 4. The summed E-state index contributed by atoms with van der Waals surface area (Å²) >= 11 is 0. The number of hydrogen-bond acceptors (Lipinski definition) is 3. The lowest BCUT2D eigenvalue weighted by molar-refractivity contribution is -0.149. The van der Waals surface area contributed by atoms with Crippen LogP contribution in [0.2, 0.25) is 0 Å². The van der Waals surface area contributed by atoms with Crippen LogP contribution < -0.4 is 5.32 Å². The molecule has 2 aliphatic rings. The highest BCUT2D eigenvalue weighted by molar-refractivity contribution is 5.80. The molecular formula is C16H24F3N3O4. The number of alkyl halides is 3. The molecule has 148 valence electrons. The number of carboxylic acid groups (broad SMARTS) is 1. The summed E-state index contributed by atoms with van der Waals surface area (Å²) < 4.78 is 36.7. The minimum Gasteiger partial charge on any atom is -0.481 e. The summed E-state index contributed by atoms with van der Waals surface area (Å²) in [6, 6.07) is -0.743. The molecule has 0 aromatic rings. The van der Waals surface area contributed by atoms with Crippen molar-refractivity contribution in [1.29, 1.82) is 0 Å². The topological polar surface area (TPSA) is 89.9 Å². The van der Waals surface area contributed by atoms with Gasteiger partial charge in [-0.05, 0) is 26.2 Å². The fraction of sp³-hybridized carbons (Fsp3) is 0.812. The van der Waals surface area contributed by atoms with Gasteiger partial charge in [-0.2, -0.15) is 13.2 Å². The van der Waals surface area contributed by atoms with Crippen molar-refractivity contribution in [2.75, 3.05) is 26.2 Å². The van der Waals surface area contributed by atoms with Crippen LogP contribution in [0, 0.1) is 5.41 Å². The quantitative estimate of drug-likeness (QED) is 0.780. The van der Waals surface area contributed by atoms with Gasteiger partial charge in [-0.25, -0.2) is 4.79 Å². The van der Waals surface area contributed by atoms with E-state index in [-0.39, 0.29) is 19.1 Å². The molecule has 7 nitrogen and oxygen atoms in total. The van der Waals surface area contributed by atoms with E-state index in [0.29, 0.717) is 32.4 Å². The maximum atomic E-state index is 12.3. The Labute approximate surface area is 149 Å². The van der Waals surface area contributed by atoms with Crippen LogP contribution >= 0.6 is 0 Å². The molecule has 0 spiro atoms. The molecule has 0 aromatic carbocycles. The van der Waals surface area contributed by atoms with Crippen LogP contribution in [0.15, 0.2) is 0 Å². The highest BCUT2D eigenvalue weighted by atomic mass is 19.4. The number of carboxylic acids is 1. The Bertz CT molecular complexity index is 569. The molecule has 0 bridgehead atoms. The van der Waals surface area contributed by atoms with E-state index in [9.17, 15) is 32.7 Å². The van der Waals surface area contributed by atoms with E-state index < -0.39 is 42.3 Å². The van der Waals surface area contributed by atoms with Gasteiger partial charge >= 0.3 is 18.2 Å². The van der Waals surface area contributed by atoms with Gasteiger partial charge in [0, 0.05) is 38.6 Å². The van der Waals surface area contributed by atoms with Gasteiger partial charge in [-0.3, -0.25) is 9.59 Å². The summed E-state index contributed by atoms with van der Waals surface area (Å²) in [4.78, 5) is 38.3. The van der Waals surface area contributed by atoms with Crippen molar-refractivity contribution >= 4 is 17.9 Å². The third-order valence-corrected chi connectivity index (χ3v) is 5.00. The molecule has 0 aliphatic carbocycles. The van der Waals surface area contributed by atoms with Crippen LogP contribution in [-0.2, 0) is 9.59 Å². The number of carbonyl (C=O) groups excluding carboxylic acids is 2. The Hall–Kier alpha value is -2.00. The SMILES string of the molecule is CC1(C(=O)O)CCN(C(=O)N[C@@H]2CCCN(C(=O)CCC(F)(F)F)C2)C1. The molecule has 0 aromatic heterocycles. The molecule has 2 saturated heterocycles. The molecule has 3 amide bonds. The van der Waals surface area contributed by atoms with Gasteiger partial charge in [0.2, 0.25) is 5.91 Å². The van der Waals surface area contributed by atoms with Crippen molar-refractivity contribution in [3.8, 4) is 0 Å². The summed E-state index contributed by atoms with van der Waals surface area (Å²) in [5, 5.41) is 12.0. The van der Waals surface area contributed by atoms with Crippen molar-refractivity contribution in [1.82, 2.24) is 15.1 Å². The molecule has 0 radical (unpaired) electrons. The normalized spacial score (nSPS) is 26.7. The van der Waals surface area contributed by atoms with E-state index in [4.69, 9.17) is 0 Å². The second-order valence-electron chi connectivity index (χ2n) is 7.28. The first kappa shape index (κ1) is 20.3. The fourth-order valence-electron chi connectivity index (χ4n) is 3.30. The lowest BCUT2D eigenvalue weighted by atomic mass is 9.90. The number of nitrogens with zero attached hydrogens (tertiary/aromatic N) is 2. The number of urea groups is 1. The van der Waals surface area contributed by atoms with Crippen molar-refractivity contribution in [3.63, 3.8) is 0 Å². The molecule has 0 saturated carbocycles. The highest BCUT2D eigenvalue weighted by Crippen LogP contribution is 2.30. The molecule has 2 heterocycles. The second-order valence-corrected chi connectivity index (χ2v) is 7.28.